The number of amides is 1. The molecule has 148 valence electrons. The van der Waals surface area contributed by atoms with Crippen LogP contribution >= 0.6 is 0 Å². The second-order valence-electron chi connectivity index (χ2n) is 9.16. The number of nitrogens with zero attached hydrogens (tertiary/aromatic N) is 1. The topological polar surface area (TPSA) is 70.9 Å². The smallest absolute Gasteiger partial charge is 0.273 e. The van der Waals surface area contributed by atoms with Crippen LogP contribution in [0.15, 0.2) is 41.6 Å². The molecule has 1 heterocycles. The predicted octanol–water partition coefficient (Wildman–Crippen LogP) is 5.24. The van der Waals surface area contributed by atoms with E-state index in [0.717, 1.165) is 36.5 Å². The van der Waals surface area contributed by atoms with E-state index in [0.29, 0.717) is 11.4 Å². The van der Waals surface area contributed by atoms with Crippen molar-refractivity contribution in [1.29, 1.82) is 0 Å². The van der Waals surface area contributed by atoms with E-state index in [1.165, 1.54) is 6.42 Å². The molecule has 1 aliphatic carbocycles. The van der Waals surface area contributed by atoms with Gasteiger partial charge in [-0.1, -0.05) is 50.5 Å². The molecule has 1 saturated carbocycles. The largest absolute Gasteiger partial charge is 0.508 e. The molecule has 1 fully saturated rings. The summed E-state index contributed by atoms with van der Waals surface area (Å²) >= 11 is 0. The van der Waals surface area contributed by atoms with Gasteiger partial charge < -0.3 is 15.3 Å². The first-order chi connectivity index (χ1) is 13.3. The molecule has 0 saturated heterocycles. The maximum atomic E-state index is 13.2. The van der Waals surface area contributed by atoms with Crippen LogP contribution in [-0.2, 0) is 9.63 Å². The molecule has 0 bridgehead atoms. The third kappa shape index (κ3) is 3.23. The highest BCUT2D eigenvalue weighted by Crippen LogP contribution is 2.49. The summed E-state index contributed by atoms with van der Waals surface area (Å²) in [4.78, 5) is 19.2. The summed E-state index contributed by atoms with van der Waals surface area (Å²) in [5.41, 5.74) is 0.645. The summed E-state index contributed by atoms with van der Waals surface area (Å²) in [5.74, 6) is -0.105. The normalized spacial score (nSPS) is 21.4. The standard InChI is InChI=1S/C23H28N2O3/c1-22(2,3)20-19(25-28-23(20)12-5-4-6-13-23)21(27)24-18-9-7-8-15-10-11-16(26)14-17(15)18/h7-11,14,20,26H,4-6,12-13H2,1-3H3,(H,24,27). The average molecular weight is 380 g/mol. The molecule has 2 aromatic carbocycles. The number of phenolic OH excluding ortho intramolecular Hbond substituents is 1. The number of carbonyl (C=O) groups excluding carboxylic acids is 1. The van der Waals surface area contributed by atoms with Gasteiger partial charge in [0.15, 0.2) is 5.71 Å². The number of carbonyl (C=O) groups is 1. The first-order valence-electron chi connectivity index (χ1n) is 10.1. The van der Waals surface area contributed by atoms with Crippen LogP contribution in [0.3, 0.4) is 0 Å². The van der Waals surface area contributed by atoms with Crippen LogP contribution in [0.4, 0.5) is 5.69 Å². The zero-order chi connectivity index (χ0) is 19.9. The minimum Gasteiger partial charge on any atom is -0.508 e. The Morgan fingerprint density at radius 2 is 1.93 bits per heavy atom. The number of phenols is 1. The molecule has 28 heavy (non-hydrogen) atoms. The van der Waals surface area contributed by atoms with Gasteiger partial charge in [-0.15, -0.1) is 0 Å². The molecular formula is C23H28N2O3. The summed E-state index contributed by atoms with van der Waals surface area (Å²) in [7, 11) is 0. The molecule has 1 spiro atoms. The fourth-order valence-electron chi connectivity index (χ4n) is 4.95. The highest BCUT2D eigenvalue weighted by molar-refractivity contribution is 6.44. The van der Waals surface area contributed by atoms with Gasteiger partial charge in [-0.05, 0) is 54.7 Å². The Balaban J connectivity index is 1.65. The van der Waals surface area contributed by atoms with E-state index in [2.05, 4.69) is 31.2 Å². The van der Waals surface area contributed by atoms with E-state index < -0.39 is 0 Å². The van der Waals surface area contributed by atoms with Crippen molar-refractivity contribution in [2.24, 2.45) is 16.5 Å². The van der Waals surface area contributed by atoms with Crippen molar-refractivity contribution >= 4 is 28.1 Å². The van der Waals surface area contributed by atoms with Gasteiger partial charge in [0.1, 0.15) is 11.4 Å². The van der Waals surface area contributed by atoms with Crippen LogP contribution in [0, 0.1) is 11.3 Å². The quantitative estimate of drug-likeness (QED) is 0.749. The maximum absolute atomic E-state index is 13.2. The van der Waals surface area contributed by atoms with Crippen molar-refractivity contribution in [2.45, 2.75) is 58.5 Å². The molecule has 1 atom stereocenters. The van der Waals surface area contributed by atoms with Gasteiger partial charge in [-0.3, -0.25) is 4.79 Å². The van der Waals surface area contributed by atoms with E-state index in [1.807, 2.05) is 24.3 Å². The second-order valence-corrected chi connectivity index (χ2v) is 9.16. The molecule has 2 N–H and O–H groups in total. The van der Waals surface area contributed by atoms with Gasteiger partial charge in [0.2, 0.25) is 0 Å². The van der Waals surface area contributed by atoms with E-state index in [9.17, 15) is 9.90 Å². The molecule has 0 radical (unpaired) electrons. The van der Waals surface area contributed by atoms with Gasteiger partial charge in [0.25, 0.3) is 5.91 Å². The molecular weight excluding hydrogens is 352 g/mol. The van der Waals surface area contributed by atoms with Crippen molar-refractivity contribution in [3.8, 4) is 5.75 Å². The lowest BCUT2D eigenvalue weighted by Crippen LogP contribution is -2.49. The molecule has 0 aromatic heterocycles. The Bertz CT molecular complexity index is 937. The zero-order valence-corrected chi connectivity index (χ0v) is 16.8. The van der Waals surface area contributed by atoms with Crippen molar-refractivity contribution in [2.75, 3.05) is 5.32 Å². The van der Waals surface area contributed by atoms with Crippen LogP contribution in [0.25, 0.3) is 10.8 Å². The molecule has 2 aromatic rings. The monoisotopic (exact) mass is 380 g/mol. The summed E-state index contributed by atoms with van der Waals surface area (Å²) in [6, 6.07) is 10.8. The Morgan fingerprint density at radius 1 is 1.18 bits per heavy atom. The van der Waals surface area contributed by atoms with Crippen LogP contribution in [0.5, 0.6) is 5.75 Å². The highest BCUT2D eigenvalue weighted by Gasteiger charge is 2.55. The lowest BCUT2D eigenvalue weighted by molar-refractivity contribution is -0.111. The van der Waals surface area contributed by atoms with Gasteiger partial charge in [-0.2, -0.15) is 0 Å². The first kappa shape index (κ1) is 18.8. The van der Waals surface area contributed by atoms with Crippen LogP contribution < -0.4 is 5.32 Å². The number of benzene rings is 2. The number of hydrogen-bond acceptors (Lipinski definition) is 4. The number of rotatable bonds is 2. The van der Waals surface area contributed by atoms with Gasteiger partial charge in [0.05, 0.1) is 5.92 Å². The van der Waals surface area contributed by atoms with Gasteiger partial charge in [-0.25, -0.2) is 0 Å². The number of nitrogens with one attached hydrogen (secondary N) is 1. The minimum atomic E-state index is -0.361. The molecule has 1 unspecified atom stereocenters. The van der Waals surface area contributed by atoms with Crippen molar-refractivity contribution in [3.05, 3.63) is 36.4 Å². The summed E-state index contributed by atoms with van der Waals surface area (Å²) < 4.78 is 0. The molecule has 4 rings (SSSR count). The van der Waals surface area contributed by atoms with E-state index in [1.54, 1.807) is 12.1 Å². The number of fused-ring (bicyclic) bond motifs is 1. The zero-order valence-electron chi connectivity index (χ0n) is 16.8. The van der Waals surface area contributed by atoms with Crippen molar-refractivity contribution < 1.29 is 14.7 Å². The first-order valence-corrected chi connectivity index (χ1v) is 10.1. The van der Waals surface area contributed by atoms with Gasteiger partial charge >= 0.3 is 0 Å². The van der Waals surface area contributed by atoms with Crippen LogP contribution in [0.2, 0.25) is 0 Å². The lowest BCUT2D eigenvalue weighted by Gasteiger charge is -2.42. The van der Waals surface area contributed by atoms with Crippen molar-refractivity contribution in [1.82, 2.24) is 0 Å². The Labute approximate surface area is 165 Å². The Hall–Kier alpha value is -2.56. The molecule has 1 aliphatic heterocycles. The van der Waals surface area contributed by atoms with Crippen LogP contribution in [-0.4, -0.2) is 22.3 Å². The molecule has 5 heteroatoms. The number of anilines is 1. The van der Waals surface area contributed by atoms with Crippen LogP contribution in [0.1, 0.15) is 52.9 Å². The predicted molar refractivity (Wildman–Crippen MR) is 112 cm³/mol. The number of oxime groups is 1. The van der Waals surface area contributed by atoms with Gasteiger partial charge in [0, 0.05) is 11.1 Å². The fourth-order valence-corrected chi connectivity index (χ4v) is 4.95. The molecule has 5 nitrogen and oxygen atoms in total. The fraction of sp³-hybridized carbons (Fsp3) is 0.478. The highest BCUT2D eigenvalue weighted by atomic mass is 16.7. The third-order valence-electron chi connectivity index (χ3n) is 6.04. The number of hydrogen-bond donors (Lipinski definition) is 2. The molecule has 1 amide bonds. The number of aromatic hydroxyl groups is 1. The summed E-state index contributed by atoms with van der Waals surface area (Å²) in [6.07, 6.45) is 5.32. The Morgan fingerprint density at radius 3 is 2.64 bits per heavy atom. The SMILES string of the molecule is CC(C)(C)C1C(C(=O)Nc2cccc3ccc(O)cc23)=NOC12CCCCC2. The second kappa shape index (κ2) is 6.80. The lowest BCUT2D eigenvalue weighted by atomic mass is 9.63. The van der Waals surface area contributed by atoms with E-state index in [4.69, 9.17) is 4.84 Å². The maximum Gasteiger partial charge on any atom is 0.273 e. The Kier molecular flexibility index (Phi) is 4.56. The summed E-state index contributed by atoms with van der Waals surface area (Å²) in [5, 5.41) is 18.9. The van der Waals surface area contributed by atoms with Crippen molar-refractivity contribution in [3.63, 3.8) is 0 Å². The minimum absolute atomic E-state index is 0.0521. The third-order valence-corrected chi connectivity index (χ3v) is 6.04. The van der Waals surface area contributed by atoms with E-state index >= 15 is 0 Å². The summed E-state index contributed by atoms with van der Waals surface area (Å²) in [6.45, 7) is 6.46. The van der Waals surface area contributed by atoms with E-state index in [-0.39, 0.29) is 28.6 Å². The molecule has 2 aliphatic rings. The average Bonchev–Trinajstić information content (AvgIpc) is 3.02.